The van der Waals surface area contributed by atoms with Gasteiger partial charge >= 0.3 is 0 Å². The summed E-state index contributed by atoms with van der Waals surface area (Å²) in [6.45, 7) is 0. The van der Waals surface area contributed by atoms with Gasteiger partial charge in [-0.2, -0.15) is 0 Å². The molecule has 0 fully saturated rings. The molecule has 9 aromatic carbocycles. The molecule has 4 nitrogen and oxygen atoms in total. The van der Waals surface area contributed by atoms with Gasteiger partial charge in [-0.3, -0.25) is 0 Å². The fraction of sp³-hybridized carbons (Fsp3) is 0. The van der Waals surface area contributed by atoms with Crippen LogP contribution in [0.2, 0.25) is 0 Å². The highest BCUT2D eigenvalue weighted by atomic mass is 15.0. The second-order valence-corrected chi connectivity index (χ2v) is 15.0. The van der Waals surface area contributed by atoms with Gasteiger partial charge in [0, 0.05) is 49.6 Å². The van der Waals surface area contributed by atoms with Crippen molar-refractivity contribution in [2.45, 2.75) is 0 Å². The molecule has 0 unspecified atom stereocenters. The predicted octanol–water partition coefficient (Wildman–Crippen LogP) is 14.0. The van der Waals surface area contributed by atoms with Crippen molar-refractivity contribution in [2.24, 2.45) is 0 Å². The fourth-order valence-electron chi connectivity index (χ4n) is 9.06. The van der Waals surface area contributed by atoms with Crippen LogP contribution >= 0.6 is 0 Å². The molecular formula is C54H34N4. The van der Waals surface area contributed by atoms with Gasteiger partial charge in [0.1, 0.15) is 0 Å². The molecule has 0 saturated carbocycles. The molecule has 270 valence electrons. The van der Waals surface area contributed by atoms with E-state index in [4.69, 9.17) is 9.97 Å². The van der Waals surface area contributed by atoms with Gasteiger partial charge < -0.3 is 9.13 Å². The number of para-hydroxylation sites is 2. The number of aromatic nitrogens is 4. The third kappa shape index (κ3) is 5.02. The minimum absolute atomic E-state index is 0.711. The maximum atomic E-state index is 5.18. The van der Waals surface area contributed by atoms with Crippen LogP contribution in [0.15, 0.2) is 206 Å². The Labute approximate surface area is 334 Å². The molecule has 12 rings (SSSR count). The molecule has 0 aliphatic carbocycles. The van der Waals surface area contributed by atoms with E-state index in [-0.39, 0.29) is 0 Å². The van der Waals surface area contributed by atoms with E-state index in [9.17, 15) is 0 Å². The third-order valence-electron chi connectivity index (χ3n) is 11.7. The maximum Gasteiger partial charge on any atom is 0.160 e. The second-order valence-electron chi connectivity index (χ2n) is 15.0. The summed E-state index contributed by atoms with van der Waals surface area (Å²) < 4.78 is 4.91. The average Bonchev–Trinajstić information content (AvgIpc) is 3.82. The minimum atomic E-state index is 0.711. The van der Waals surface area contributed by atoms with Crippen molar-refractivity contribution in [3.8, 4) is 45.3 Å². The van der Waals surface area contributed by atoms with Gasteiger partial charge in [-0.25, -0.2) is 9.97 Å². The predicted molar refractivity (Wildman–Crippen MR) is 242 cm³/mol. The van der Waals surface area contributed by atoms with Crippen molar-refractivity contribution in [1.82, 2.24) is 19.1 Å². The maximum absolute atomic E-state index is 5.18. The number of rotatable bonds is 5. The van der Waals surface area contributed by atoms with Gasteiger partial charge in [-0.15, -0.1) is 0 Å². The van der Waals surface area contributed by atoms with E-state index >= 15 is 0 Å². The van der Waals surface area contributed by atoms with Gasteiger partial charge in [0.15, 0.2) is 5.82 Å². The molecule has 0 spiro atoms. The van der Waals surface area contributed by atoms with Crippen molar-refractivity contribution in [3.63, 3.8) is 0 Å². The van der Waals surface area contributed by atoms with Crippen molar-refractivity contribution in [3.05, 3.63) is 206 Å². The normalized spacial score (nSPS) is 11.8. The lowest BCUT2D eigenvalue weighted by molar-refractivity contribution is 1.18. The summed E-state index contributed by atoms with van der Waals surface area (Å²) in [6.07, 6.45) is 0. The highest BCUT2D eigenvalue weighted by Gasteiger charge is 2.21. The molecule has 3 aromatic heterocycles. The molecule has 0 N–H and O–H groups in total. The summed E-state index contributed by atoms with van der Waals surface area (Å²) >= 11 is 0. The third-order valence-corrected chi connectivity index (χ3v) is 11.7. The topological polar surface area (TPSA) is 35.6 Å². The second kappa shape index (κ2) is 12.9. The Morgan fingerprint density at radius 2 is 0.931 bits per heavy atom. The Kier molecular flexibility index (Phi) is 7.20. The minimum Gasteiger partial charge on any atom is -0.309 e. The molecule has 0 bridgehead atoms. The molecule has 58 heavy (non-hydrogen) atoms. The van der Waals surface area contributed by atoms with Gasteiger partial charge in [0.2, 0.25) is 0 Å². The fourth-order valence-corrected chi connectivity index (χ4v) is 9.06. The first-order valence-corrected chi connectivity index (χ1v) is 19.7. The molecule has 0 radical (unpaired) electrons. The smallest absolute Gasteiger partial charge is 0.160 e. The van der Waals surface area contributed by atoms with Crippen molar-refractivity contribution >= 4 is 65.2 Å². The van der Waals surface area contributed by atoms with E-state index in [0.29, 0.717) is 5.82 Å². The van der Waals surface area contributed by atoms with E-state index in [2.05, 4.69) is 191 Å². The van der Waals surface area contributed by atoms with Crippen molar-refractivity contribution < 1.29 is 0 Å². The SMILES string of the molecule is c1ccc(-c2cc(-c3cccc4cc(-n5c6ccccc6c6c5ccc5c7ccccc7n(-c7ccc8ccccc8c7)c56)ccc34)nc(-c3ccccc3)n2)cc1. The molecule has 12 aromatic rings. The van der Waals surface area contributed by atoms with E-state index in [1.165, 1.54) is 54.4 Å². The van der Waals surface area contributed by atoms with E-state index in [0.717, 1.165) is 50.2 Å². The van der Waals surface area contributed by atoms with Crippen LogP contribution in [-0.2, 0) is 0 Å². The molecule has 3 heterocycles. The number of hydrogen-bond donors (Lipinski definition) is 0. The summed E-state index contributed by atoms with van der Waals surface area (Å²) in [5, 5.41) is 9.72. The van der Waals surface area contributed by atoms with Crippen LogP contribution < -0.4 is 0 Å². The summed E-state index contributed by atoms with van der Waals surface area (Å²) in [5.41, 5.74) is 12.0. The number of benzene rings is 9. The monoisotopic (exact) mass is 738 g/mol. The van der Waals surface area contributed by atoms with Gasteiger partial charge in [0.25, 0.3) is 0 Å². The summed E-state index contributed by atoms with van der Waals surface area (Å²) in [4.78, 5) is 10.2. The summed E-state index contributed by atoms with van der Waals surface area (Å²) in [6, 6.07) is 73.8. The lowest BCUT2D eigenvalue weighted by atomic mass is 9.99. The Morgan fingerprint density at radius 1 is 0.328 bits per heavy atom. The van der Waals surface area contributed by atoms with Gasteiger partial charge in [0.05, 0.1) is 33.5 Å². The Balaban J connectivity index is 1.08. The molecule has 0 saturated heterocycles. The van der Waals surface area contributed by atoms with Crippen LogP contribution in [0, 0.1) is 0 Å². The van der Waals surface area contributed by atoms with Crippen LogP contribution in [0.1, 0.15) is 0 Å². The van der Waals surface area contributed by atoms with Crippen LogP contribution in [0.5, 0.6) is 0 Å². The Hall–Kier alpha value is -7.82. The lowest BCUT2D eigenvalue weighted by Gasteiger charge is -2.13. The average molecular weight is 739 g/mol. The molecule has 0 aliphatic heterocycles. The van der Waals surface area contributed by atoms with Crippen LogP contribution in [0.4, 0.5) is 0 Å². The highest BCUT2D eigenvalue weighted by Crippen LogP contribution is 2.43. The molecule has 0 aliphatic rings. The quantitative estimate of drug-likeness (QED) is 0.176. The van der Waals surface area contributed by atoms with Crippen molar-refractivity contribution in [2.75, 3.05) is 0 Å². The Bertz CT molecular complexity index is 3500. The molecular weight excluding hydrogens is 705 g/mol. The highest BCUT2D eigenvalue weighted by molar-refractivity contribution is 6.26. The molecule has 0 atom stereocenters. The number of nitrogens with zero attached hydrogens (tertiary/aromatic N) is 4. The Morgan fingerprint density at radius 3 is 1.76 bits per heavy atom. The molecule has 0 amide bonds. The van der Waals surface area contributed by atoms with Crippen LogP contribution in [-0.4, -0.2) is 19.1 Å². The van der Waals surface area contributed by atoms with Gasteiger partial charge in [-0.05, 0) is 70.1 Å². The first-order valence-electron chi connectivity index (χ1n) is 19.7. The van der Waals surface area contributed by atoms with Crippen LogP contribution in [0.3, 0.4) is 0 Å². The number of hydrogen-bond acceptors (Lipinski definition) is 2. The van der Waals surface area contributed by atoms with E-state index < -0.39 is 0 Å². The number of fused-ring (bicyclic) bond motifs is 9. The zero-order valence-corrected chi connectivity index (χ0v) is 31.4. The first kappa shape index (κ1) is 32.4. The standard InChI is InChI=1S/C54H34N4/c1-3-15-36(16-4-1)47-34-48(56-54(55-47)37-17-5-2-6-18-37)43-23-13-20-39-33-40(28-29-42(39)43)57-50-25-12-10-22-46(50)52-51(57)31-30-45-44-21-9-11-24-49(44)58(53(45)52)41-27-26-35-14-7-8-19-38(35)32-41/h1-34H. The zero-order chi connectivity index (χ0) is 38.2. The first-order chi connectivity index (χ1) is 28.8. The summed E-state index contributed by atoms with van der Waals surface area (Å²) in [7, 11) is 0. The van der Waals surface area contributed by atoms with Crippen molar-refractivity contribution in [1.29, 1.82) is 0 Å². The largest absolute Gasteiger partial charge is 0.309 e. The summed E-state index contributed by atoms with van der Waals surface area (Å²) in [5.74, 6) is 0.711. The van der Waals surface area contributed by atoms with Crippen LogP contribution in [0.25, 0.3) is 110 Å². The van der Waals surface area contributed by atoms with E-state index in [1.54, 1.807) is 0 Å². The van der Waals surface area contributed by atoms with Gasteiger partial charge in [-0.1, -0.05) is 158 Å². The van der Waals surface area contributed by atoms with E-state index in [1.807, 2.05) is 24.3 Å². The zero-order valence-electron chi connectivity index (χ0n) is 31.4. The molecule has 4 heteroatoms. The lowest BCUT2D eigenvalue weighted by Crippen LogP contribution is -1.97.